The molecule has 0 atom stereocenters. The van der Waals surface area contributed by atoms with Gasteiger partial charge in [-0.25, -0.2) is 0 Å². The van der Waals surface area contributed by atoms with Crippen molar-refractivity contribution in [1.82, 2.24) is 20.1 Å². The standard InChI is InChI=1S/C25H31ClN4O2S/c1-32-17-7-16-30-23(28-29-25(30)33-19-21-10-5-11-22(26)18-21)12-6-13-24(31)27-15-14-20-8-3-2-4-9-20/h2-5,8-11,18H,6-7,12-17,19H2,1H3,(H,27,31). The van der Waals surface area contributed by atoms with Crippen LogP contribution in [0.1, 0.15) is 36.2 Å². The molecule has 0 saturated heterocycles. The normalized spacial score (nSPS) is 11.0. The minimum Gasteiger partial charge on any atom is -0.385 e. The number of nitrogens with zero attached hydrogens (tertiary/aromatic N) is 3. The van der Waals surface area contributed by atoms with Crippen molar-refractivity contribution in [1.29, 1.82) is 0 Å². The Labute approximate surface area is 205 Å². The second-order valence-electron chi connectivity index (χ2n) is 7.75. The first-order chi connectivity index (χ1) is 16.2. The average Bonchev–Trinajstić information content (AvgIpc) is 3.20. The van der Waals surface area contributed by atoms with E-state index in [2.05, 4.69) is 38.3 Å². The molecule has 6 nitrogen and oxygen atoms in total. The predicted molar refractivity (Wildman–Crippen MR) is 134 cm³/mol. The van der Waals surface area contributed by atoms with Gasteiger partial charge in [0.25, 0.3) is 0 Å². The fourth-order valence-corrected chi connectivity index (χ4v) is 4.60. The Kier molecular flexibility index (Phi) is 10.7. The van der Waals surface area contributed by atoms with E-state index in [-0.39, 0.29) is 5.91 Å². The van der Waals surface area contributed by atoms with Gasteiger partial charge in [-0.2, -0.15) is 0 Å². The Bertz CT molecular complexity index is 997. The Balaban J connectivity index is 1.49. The van der Waals surface area contributed by atoms with Crippen LogP contribution in [0.15, 0.2) is 59.8 Å². The topological polar surface area (TPSA) is 69.0 Å². The molecule has 1 aromatic heterocycles. The van der Waals surface area contributed by atoms with Crippen molar-refractivity contribution in [3.8, 4) is 0 Å². The Morgan fingerprint density at radius 3 is 2.67 bits per heavy atom. The quantitative estimate of drug-likeness (QED) is 0.258. The zero-order valence-electron chi connectivity index (χ0n) is 19.0. The smallest absolute Gasteiger partial charge is 0.220 e. The molecule has 3 rings (SSSR count). The van der Waals surface area contributed by atoms with Gasteiger partial charge in [0.05, 0.1) is 0 Å². The van der Waals surface area contributed by atoms with Crippen LogP contribution in [0.4, 0.5) is 0 Å². The highest BCUT2D eigenvalue weighted by Gasteiger charge is 2.13. The van der Waals surface area contributed by atoms with Crippen molar-refractivity contribution >= 4 is 29.3 Å². The number of amides is 1. The van der Waals surface area contributed by atoms with Crippen molar-refractivity contribution in [3.05, 3.63) is 76.6 Å². The third kappa shape index (κ3) is 8.84. The van der Waals surface area contributed by atoms with Crippen LogP contribution in [-0.2, 0) is 34.7 Å². The van der Waals surface area contributed by atoms with E-state index in [0.717, 1.165) is 53.1 Å². The number of carbonyl (C=O) groups excluding carboxylic acids is 1. The molecule has 0 bridgehead atoms. The SMILES string of the molecule is COCCCn1c(CCCC(=O)NCCc2ccccc2)nnc1SCc1cccc(Cl)c1. The van der Waals surface area contributed by atoms with Gasteiger partial charge >= 0.3 is 0 Å². The highest BCUT2D eigenvalue weighted by atomic mass is 35.5. The van der Waals surface area contributed by atoms with Crippen molar-refractivity contribution in [2.75, 3.05) is 20.3 Å². The minimum absolute atomic E-state index is 0.0759. The summed E-state index contributed by atoms with van der Waals surface area (Å²) in [5.41, 5.74) is 2.37. The summed E-state index contributed by atoms with van der Waals surface area (Å²) in [6.45, 7) is 2.12. The molecule has 0 aliphatic carbocycles. The third-order valence-electron chi connectivity index (χ3n) is 5.16. The summed E-state index contributed by atoms with van der Waals surface area (Å²) in [6, 6.07) is 18.0. The molecule has 3 aromatic rings. The molecule has 0 spiro atoms. The van der Waals surface area contributed by atoms with E-state index >= 15 is 0 Å². The van der Waals surface area contributed by atoms with Crippen LogP contribution >= 0.6 is 23.4 Å². The van der Waals surface area contributed by atoms with E-state index in [1.165, 1.54) is 5.56 Å². The summed E-state index contributed by atoms with van der Waals surface area (Å²) in [5.74, 6) is 1.76. The molecule has 1 amide bonds. The van der Waals surface area contributed by atoms with Gasteiger partial charge in [0, 0.05) is 50.4 Å². The molecule has 176 valence electrons. The van der Waals surface area contributed by atoms with Crippen LogP contribution in [0.5, 0.6) is 0 Å². The molecule has 2 aromatic carbocycles. The first kappa shape index (κ1) is 25.3. The molecule has 1 heterocycles. The summed E-state index contributed by atoms with van der Waals surface area (Å²) < 4.78 is 7.37. The molecular formula is C25H31ClN4O2S. The fraction of sp³-hybridized carbons (Fsp3) is 0.400. The summed E-state index contributed by atoms with van der Waals surface area (Å²) >= 11 is 7.75. The number of halogens is 1. The van der Waals surface area contributed by atoms with Gasteiger partial charge in [0.1, 0.15) is 5.82 Å². The summed E-state index contributed by atoms with van der Waals surface area (Å²) in [4.78, 5) is 12.2. The predicted octanol–water partition coefficient (Wildman–Crippen LogP) is 4.94. The van der Waals surface area contributed by atoms with Crippen molar-refractivity contribution in [2.24, 2.45) is 0 Å². The fourth-order valence-electron chi connectivity index (χ4n) is 3.46. The van der Waals surface area contributed by atoms with E-state index in [1.807, 2.05) is 36.4 Å². The van der Waals surface area contributed by atoms with Gasteiger partial charge < -0.3 is 14.6 Å². The van der Waals surface area contributed by atoms with Gasteiger partial charge in [-0.15, -0.1) is 10.2 Å². The van der Waals surface area contributed by atoms with E-state index in [9.17, 15) is 4.79 Å². The summed E-state index contributed by atoms with van der Waals surface area (Å²) in [5, 5.41) is 13.5. The van der Waals surface area contributed by atoms with Gasteiger partial charge in [-0.05, 0) is 42.5 Å². The van der Waals surface area contributed by atoms with Crippen LogP contribution in [0.3, 0.4) is 0 Å². The zero-order valence-corrected chi connectivity index (χ0v) is 20.6. The summed E-state index contributed by atoms with van der Waals surface area (Å²) in [7, 11) is 1.71. The van der Waals surface area contributed by atoms with E-state index in [4.69, 9.17) is 16.3 Å². The number of thioether (sulfide) groups is 1. The number of aromatic nitrogens is 3. The largest absolute Gasteiger partial charge is 0.385 e. The van der Waals surface area contributed by atoms with Crippen molar-refractivity contribution in [2.45, 2.75) is 49.6 Å². The van der Waals surface area contributed by atoms with E-state index < -0.39 is 0 Å². The third-order valence-corrected chi connectivity index (χ3v) is 6.44. The Morgan fingerprint density at radius 2 is 1.88 bits per heavy atom. The number of rotatable bonds is 14. The first-order valence-electron chi connectivity index (χ1n) is 11.2. The number of aryl methyl sites for hydroxylation is 1. The number of nitrogens with one attached hydrogen (secondary N) is 1. The second-order valence-corrected chi connectivity index (χ2v) is 9.13. The number of benzene rings is 2. The van der Waals surface area contributed by atoms with E-state index in [0.29, 0.717) is 26.0 Å². The van der Waals surface area contributed by atoms with Gasteiger partial charge in [0.2, 0.25) is 5.91 Å². The highest BCUT2D eigenvalue weighted by molar-refractivity contribution is 7.98. The van der Waals surface area contributed by atoms with Crippen molar-refractivity contribution in [3.63, 3.8) is 0 Å². The molecule has 0 radical (unpaired) electrons. The lowest BCUT2D eigenvalue weighted by atomic mass is 10.1. The number of hydrogen-bond acceptors (Lipinski definition) is 5. The van der Waals surface area contributed by atoms with E-state index in [1.54, 1.807) is 18.9 Å². The first-order valence-corrected chi connectivity index (χ1v) is 12.6. The van der Waals surface area contributed by atoms with Crippen molar-refractivity contribution < 1.29 is 9.53 Å². The molecule has 1 N–H and O–H groups in total. The summed E-state index contributed by atoms with van der Waals surface area (Å²) in [6.07, 6.45) is 3.65. The van der Waals surface area contributed by atoms with Gasteiger partial charge in [-0.3, -0.25) is 4.79 Å². The van der Waals surface area contributed by atoms with Crippen LogP contribution in [0.25, 0.3) is 0 Å². The lowest BCUT2D eigenvalue weighted by molar-refractivity contribution is -0.121. The Morgan fingerprint density at radius 1 is 1.06 bits per heavy atom. The molecular weight excluding hydrogens is 456 g/mol. The van der Waals surface area contributed by atoms with Crippen LogP contribution in [-0.4, -0.2) is 40.9 Å². The zero-order chi connectivity index (χ0) is 23.3. The molecule has 33 heavy (non-hydrogen) atoms. The lowest BCUT2D eigenvalue weighted by Crippen LogP contribution is -2.25. The molecule has 0 saturated carbocycles. The number of carbonyl (C=O) groups is 1. The number of ether oxygens (including phenoxy) is 1. The van der Waals surface area contributed by atoms with Crippen LogP contribution in [0, 0.1) is 0 Å². The van der Waals surface area contributed by atoms with Gasteiger partial charge in [0.15, 0.2) is 5.16 Å². The maximum absolute atomic E-state index is 12.2. The number of hydrogen-bond donors (Lipinski definition) is 1. The maximum atomic E-state index is 12.2. The lowest BCUT2D eigenvalue weighted by Gasteiger charge is -2.10. The molecule has 0 unspecified atom stereocenters. The maximum Gasteiger partial charge on any atom is 0.220 e. The van der Waals surface area contributed by atoms with Crippen LogP contribution in [0.2, 0.25) is 5.02 Å². The minimum atomic E-state index is 0.0759. The monoisotopic (exact) mass is 486 g/mol. The van der Waals surface area contributed by atoms with Gasteiger partial charge in [-0.1, -0.05) is 65.8 Å². The number of methoxy groups -OCH3 is 1. The molecule has 0 aliphatic heterocycles. The average molecular weight is 487 g/mol. The Hall–Kier alpha value is -2.35. The highest BCUT2D eigenvalue weighted by Crippen LogP contribution is 2.24. The molecule has 8 heteroatoms. The molecule has 0 aliphatic rings. The molecule has 0 fully saturated rings. The second kappa shape index (κ2) is 14.0. The van der Waals surface area contributed by atoms with Crippen LogP contribution < -0.4 is 5.32 Å².